The van der Waals surface area contributed by atoms with Crippen LogP contribution in [0.3, 0.4) is 0 Å². The predicted octanol–water partition coefficient (Wildman–Crippen LogP) is 20.4. The van der Waals surface area contributed by atoms with Gasteiger partial charge in [-0.2, -0.15) is 0 Å². The van der Waals surface area contributed by atoms with Crippen LogP contribution in [0, 0.1) is 0 Å². The van der Waals surface area contributed by atoms with Gasteiger partial charge in [-0.3, -0.25) is 14.4 Å². The summed E-state index contributed by atoms with van der Waals surface area (Å²) in [6.45, 7) is 6.37. The minimum absolute atomic E-state index is 0.112. The first-order valence-electron chi connectivity index (χ1n) is 29.8. The fraction of sp³-hybridized carbons (Fsp3) is 0.603. The summed E-state index contributed by atoms with van der Waals surface area (Å²) >= 11 is 0. The van der Waals surface area contributed by atoms with Crippen molar-refractivity contribution in [3.05, 3.63) is 146 Å². The lowest BCUT2D eigenvalue weighted by molar-refractivity contribution is -0.167. The average Bonchev–Trinajstić information content (AvgIpc) is 3.40. The highest BCUT2D eigenvalue weighted by Crippen LogP contribution is 2.13. The quantitative estimate of drug-likeness (QED) is 0.0261. The summed E-state index contributed by atoms with van der Waals surface area (Å²) in [4.78, 5) is 38.1. The first-order chi connectivity index (χ1) is 36.5. The second-order valence-electron chi connectivity index (χ2n) is 19.2. The molecule has 0 rings (SSSR count). The number of hydrogen-bond acceptors (Lipinski definition) is 6. The van der Waals surface area contributed by atoms with Gasteiger partial charge in [-0.05, 0) is 135 Å². The molecule has 416 valence electrons. The third kappa shape index (κ3) is 58.2. The van der Waals surface area contributed by atoms with E-state index in [1.165, 1.54) is 51.4 Å². The van der Waals surface area contributed by atoms with Crippen LogP contribution in [0.15, 0.2) is 146 Å². The standard InChI is InChI=1S/C68H108O6/c1-4-7-10-13-16-19-22-25-27-28-29-30-31-32-33-34-35-36-37-38-39-40-41-44-46-49-52-55-58-61-67(70)73-64-65(63-72-66(69)60-57-54-51-48-45-42-24-21-18-15-12-9-6-3)74-68(71)62-59-56-53-50-47-43-26-23-20-17-14-11-8-5-2/h7,10,12,15-16,19,21,23-27,29-30,32-33,35-36,38-39,41,44,49,52,65H,4-6,8-9,11,13-14,17-18,20,22,28,31,34,37,40,42-43,45-48,50-51,53-64H2,1-3H3/b10-7-,15-12-,19-16-,24-21-,26-23-,27-25-,30-29-,33-32-,36-35-,39-38-,44-41-,52-49-. The molecule has 6 heteroatoms. The summed E-state index contributed by atoms with van der Waals surface area (Å²) in [5.74, 6) is -1.00. The molecule has 0 radical (unpaired) electrons. The van der Waals surface area contributed by atoms with Gasteiger partial charge in [-0.15, -0.1) is 0 Å². The predicted molar refractivity (Wildman–Crippen MR) is 320 cm³/mol. The van der Waals surface area contributed by atoms with Crippen LogP contribution in [0.25, 0.3) is 0 Å². The Hall–Kier alpha value is -4.71. The molecule has 0 amide bonds. The minimum atomic E-state index is -0.817. The molecule has 0 aromatic rings. The first-order valence-corrected chi connectivity index (χ1v) is 29.8. The Morgan fingerprint density at radius 1 is 0.284 bits per heavy atom. The van der Waals surface area contributed by atoms with E-state index < -0.39 is 6.10 Å². The highest BCUT2D eigenvalue weighted by atomic mass is 16.6. The van der Waals surface area contributed by atoms with Gasteiger partial charge in [0.05, 0.1) is 0 Å². The summed E-state index contributed by atoms with van der Waals surface area (Å²) in [6, 6.07) is 0. The monoisotopic (exact) mass is 1020 g/mol. The van der Waals surface area contributed by atoms with Crippen molar-refractivity contribution in [1.29, 1.82) is 0 Å². The van der Waals surface area contributed by atoms with Gasteiger partial charge in [0.25, 0.3) is 0 Å². The van der Waals surface area contributed by atoms with E-state index in [1.807, 2.05) is 0 Å². The van der Waals surface area contributed by atoms with Gasteiger partial charge in [-0.1, -0.05) is 237 Å². The Morgan fingerprint density at radius 2 is 0.568 bits per heavy atom. The van der Waals surface area contributed by atoms with Crippen molar-refractivity contribution < 1.29 is 28.6 Å². The highest BCUT2D eigenvalue weighted by molar-refractivity contribution is 5.71. The Morgan fingerprint density at radius 3 is 0.946 bits per heavy atom. The van der Waals surface area contributed by atoms with E-state index in [0.29, 0.717) is 19.3 Å². The number of carbonyl (C=O) groups is 3. The lowest BCUT2D eigenvalue weighted by Crippen LogP contribution is -2.30. The second-order valence-corrected chi connectivity index (χ2v) is 19.2. The fourth-order valence-corrected chi connectivity index (χ4v) is 7.59. The maximum absolute atomic E-state index is 12.8. The zero-order valence-electron chi connectivity index (χ0n) is 47.5. The third-order valence-electron chi connectivity index (χ3n) is 12.0. The van der Waals surface area contributed by atoms with Crippen molar-refractivity contribution in [2.45, 2.75) is 252 Å². The van der Waals surface area contributed by atoms with Crippen molar-refractivity contribution in [1.82, 2.24) is 0 Å². The molecule has 1 unspecified atom stereocenters. The molecule has 0 bridgehead atoms. The summed E-state index contributed by atoms with van der Waals surface area (Å²) in [5, 5.41) is 0. The van der Waals surface area contributed by atoms with E-state index in [0.717, 1.165) is 148 Å². The molecule has 0 spiro atoms. The van der Waals surface area contributed by atoms with E-state index in [2.05, 4.69) is 167 Å². The molecule has 74 heavy (non-hydrogen) atoms. The van der Waals surface area contributed by atoms with Crippen molar-refractivity contribution in [3.63, 3.8) is 0 Å². The topological polar surface area (TPSA) is 78.9 Å². The maximum atomic E-state index is 12.8. The van der Waals surface area contributed by atoms with E-state index in [4.69, 9.17) is 14.2 Å². The molecule has 1 atom stereocenters. The van der Waals surface area contributed by atoms with E-state index in [-0.39, 0.29) is 37.5 Å². The fourth-order valence-electron chi connectivity index (χ4n) is 7.59. The van der Waals surface area contributed by atoms with Gasteiger partial charge in [0.1, 0.15) is 13.2 Å². The van der Waals surface area contributed by atoms with Crippen LogP contribution < -0.4 is 0 Å². The number of esters is 3. The van der Waals surface area contributed by atoms with Gasteiger partial charge in [0.15, 0.2) is 6.10 Å². The summed E-state index contributed by atoms with van der Waals surface area (Å²) in [6.07, 6.45) is 87.1. The third-order valence-corrected chi connectivity index (χ3v) is 12.0. The molecular formula is C68H108O6. The van der Waals surface area contributed by atoms with E-state index in [9.17, 15) is 14.4 Å². The zero-order valence-corrected chi connectivity index (χ0v) is 47.5. The van der Waals surface area contributed by atoms with E-state index >= 15 is 0 Å². The molecule has 0 saturated carbocycles. The second kappa shape index (κ2) is 60.8. The molecule has 0 aromatic carbocycles. The number of rotatable bonds is 52. The number of hydrogen-bond donors (Lipinski definition) is 0. The van der Waals surface area contributed by atoms with Gasteiger partial charge < -0.3 is 14.2 Å². The van der Waals surface area contributed by atoms with Crippen molar-refractivity contribution in [2.75, 3.05) is 13.2 Å². The number of ether oxygens (including phenoxy) is 3. The molecule has 0 aliphatic rings. The first kappa shape index (κ1) is 69.3. The minimum Gasteiger partial charge on any atom is -0.462 e. The molecule has 0 fully saturated rings. The molecule has 0 saturated heterocycles. The molecule has 0 N–H and O–H groups in total. The number of allylic oxidation sites excluding steroid dienone is 24. The molecule has 0 aromatic heterocycles. The molecule has 0 aliphatic heterocycles. The molecule has 0 aliphatic carbocycles. The van der Waals surface area contributed by atoms with Crippen molar-refractivity contribution >= 4 is 17.9 Å². The zero-order chi connectivity index (χ0) is 53.6. The Balaban J connectivity index is 4.45. The smallest absolute Gasteiger partial charge is 0.306 e. The Kier molecular flexibility index (Phi) is 57.0. The van der Waals surface area contributed by atoms with Gasteiger partial charge in [0.2, 0.25) is 0 Å². The summed E-state index contributed by atoms with van der Waals surface area (Å²) in [5.41, 5.74) is 0. The molecule has 6 nitrogen and oxygen atoms in total. The van der Waals surface area contributed by atoms with Crippen molar-refractivity contribution in [3.8, 4) is 0 Å². The Bertz CT molecular complexity index is 1640. The van der Waals surface area contributed by atoms with Crippen LogP contribution in [0.1, 0.15) is 245 Å². The summed E-state index contributed by atoms with van der Waals surface area (Å²) in [7, 11) is 0. The normalized spacial score (nSPS) is 13.2. The maximum Gasteiger partial charge on any atom is 0.306 e. The highest BCUT2D eigenvalue weighted by Gasteiger charge is 2.19. The summed E-state index contributed by atoms with van der Waals surface area (Å²) < 4.78 is 16.8. The van der Waals surface area contributed by atoms with Crippen LogP contribution in [0.2, 0.25) is 0 Å². The van der Waals surface area contributed by atoms with Gasteiger partial charge in [0, 0.05) is 19.3 Å². The van der Waals surface area contributed by atoms with Crippen LogP contribution >= 0.6 is 0 Å². The van der Waals surface area contributed by atoms with Crippen LogP contribution in [-0.4, -0.2) is 37.2 Å². The molecular weight excluding hydrogens is 913 g/mol. The number of carbonyl (C=O) groups excluding carboxylic acids is 3. The average molecular weight is 1020 g/mol. The lowest BCUT2D eigenvalue weighted by atomic mass is 10.1. The van der Waals surface area contributed by atoms with Crippen LogP contribution in [0.5, 0.6) is 0 Å². The van der Waals surface area contributed by atoms with Crippen LogP contribution in [0.4, 0.5) is 0 Å². The largest absolute Gasteiger partial charge is 0.462 e. The van der Waals surface area contributed by atoms with Gasteiger partial charge >= 0.3 is 17.9 Å². The van der Waals surface area contributed by atoms with Crippen LogP contribution in [-0.2, 0) is 28.6 Å². The van der Waals surface area contributed by atoms with E-state index in [1.54, 1.807) is 0 Å². The van der Waals surface area contributed by atoms with Gasteiger partial charge in [-0.25, -0.2) is 0 Å². The number of unbranched alkanes of at least 4 members (excludes halogenated alkanes) is 17. The molecule has 0 heterocycles. The SMILES string of the molecule is CC/C=C\C/C=C\C/C=C\C/C=C\C/C=C\C/C=C\C/C=C\C/C=C\C/C=C\CCCC(=O)OCC(COC(=O)CCCCCCC/C=C\C/C=C\CCC)OC(=O)CCCCCCC/C=C\CCCCCCC. The van der Waals surface area contributed by atoms with Crippen molar-refractivity contribution in [2.24, 2.45) is 0 Å². The Labute approximate surface area is 455 Å². The lowest BCUT2D eigenvalue weighted by Gasteiger charge is -2.18.